The highest BCUT2D eigenvalue weighted by atomic mass is 32.2. The van der Waals surface area contributed by atoms with E-state index in [2.05, 4.69) is 15.3 Å². The fourth-order valence-corrected chi connectivity index (χ4v) is 3.42. The minimum Gasteiger partial charge on any atom is -0.497 e. The average Bonchev–Trinajstić information content (AvgIpc) is 2.77. The Morgan fingerprint density at radius 3 is 2.55 bits per heavy atom. The monoisotopic (exact) mass is 444 g/mol. The number of alkyl halides is 3. The molecular weight excluding hydrogens is 429 g/mol. The number of nitriles is 1. The van der Waals surface area contributed by atoms with Crippen LogP contribution in [-0.2, 0) is 11.0 Å². The van der Waals surface area contributed by atoms with Crippen LogP contribution in [0.3, 0.4) is 0 Å². The second-order valence-corrected chi connectivity index (χ2v) is 7.09. The number of carbonyl (C=O) groups excluding carboxylic acids is 1. The van der Waals surface area contributed by atoms with Gasteiger partial charge in [0.15, 0.2) is 0 Å². The van der Waals surface area contributed by atoms with E-state index >= 15 is 0 Å². The van der Waals surface area contributed by atoms with Crippen LogP contribution in [0, 0.1) is 11.3 Å². The van der Waals surface area contributed by atoms with Crippen molar-refractivity contribution in [2.24, 2.45) is 0 Å². The Morgan fingerprint density at radius 2 is 1.97 bits per heavy atom. The van der Waals surface area contributed by atoms with Crippen molar-refractivity contribution in [3.8, 4) is 23.1 Å². The predicted octanol–water partition coefficient (Wildman–Crippen LogP) is 4.77. The zero-order valence-corrected chi connectivity index (χ0v) is 16.9. The van der Waals surface area contributed by atoms with Gasteiger partial charge in [-0.05, 0) is 42.5 Å². The number of rotatable bonds is 6. The summed E-state index contributed by atoms with van der Waals surface area (Å²) in [6, 6.07) is 13.7. The molecule has 0 atom stereocenters. The summed E-state index contributed by atoms with van der Waals surface area (Å²) in [7, 11) is 1.47. The molecular formula is C21H15F3N4O2S. The summed E-state index contributed by atoms with van der Waals surface area (Å²) < 4.78 is 45.9. The normalized spacial score (nSPS) is 10.9. The first-order chi connectivity index (χ1) is 14.8. The van der Waals surface area contributed by atoms with E-state index in [9.17, 15) is 23.2 Å². The number of nitrogens with one attached hydrogen (secondary N) is 1. The fraction of sp³-hybridized carbons (Fsp3) is 0.143. The molecule has 0 spiro atoms. The molecule has 0 bridgehead atoms. The third-order valence-corrected chi connectivity index (χ3v) is 5.04. The molecule has 0 aliphatic carbocycles. The molecule has 10 heteroatoms. The molecule has 0 fully saturated rings. The van der Waals surface area contributed by atoms with Gasteiger partial charge in [0.1, 0.15) is 22.7 Å². The highest BCUT2D eigenvalue weighted by Gasteiger charge is 2.36. The van der Waals surface area contributed by atoms with Crippen LogP contribution in [-0.4, -0.2) is 28.7 Å². The highest BCUT2D eigenvalue weighted by molar-refractivity contribution is 8.00. The summed E-state index contributed by atoms with van der Waals surface area (Å²) in [4.78, 5) is 20.4. The number of aromatic nitrogens is 2. The van der Waals surface area contributed by atoms with Crippen LogP contribution in [0.5, 0.6) is 5.75 Å². The van der Waals surface area contributed by atoms with Crippen LogP contribution in [0.1, 0.15) is 11.1 Å². The Balaban J connectivity index is 1.93. The SMILES string of the molecule is COc1ccc(-c2cc(C(F)(F)F)c(C#N)c(SCC(=O)Nc3ccccn3)n2)cc1. The van der Waals surface area contributed by atoms with Gasteiger partial charge in [-0.2, -0.15) is 18.4 Å². The van der Waals surface area contributed by atoms with Crippen molar-refractivity contribution in [2.75, 3.05) is 18.2 Å². The van der Waals surface area contributed by atoms with Gasteiger partial charge in [0, 0.05) is 11.8 Å². The molecule has 6 nitrogen and oxygen atoms in total. The first-order valence-corrected chi connectivity index (χ1v) is 9.81. The molecule has 3 rings (SSSR count). The first-order valence-electron chi connectivity index (χ1n) is 8.82. The molecule has 0 saturated heterocycles. The van der Waals surface area contributed by atoms with Crippen molar-refractivity contribution in [2.45, 2.75) is 11.2 Å². The Bertz CT molecular complexity index is 1110. The van der Waals surface area contributed by atoms with Crippen LogP contribution >= 0.6 is 11.8 Å². The number of thioether (sulfide) groups is 1. The summed E-state index contributed by atoms with van der Waals surface area (Å²) >= 11 is 0.748. The Morgan fingerprint density at radius 1 is 1.23 bits per heavy atom. The lowest BCUT2D eigenvalue weighted by Crippen LogP contribution is -2.16. The van der Waals surface area contributed by atoms with E-state index in [-0.39, 0.29) is 16.5 Å². The third kappa shape index (κ3) is 5.52. The Kier molecular flexibility index (Phi) is 6.77. The number of nitrogens with zero attached hydrogens (tertiary/aromatic N) is 3. The maximum atomic E-state index is 13.6. The smallest absolute Gasteiger partial charge is 0.417 e. The minimum absolute atomic E-state index is 0.0293. The zero-order valence-electron chi connectivity index (χ0n) is 16.1. The Hall–Kier alpha value is -3.58. The van der Waals surface area contributed by atoms with E-state index in [1.165, 1.54) is 13.3 Å². The standard InChI is InChI=1S/C21H15F3N4O2S/c1-30-14-7-5-13(6-8-14)17-10-16(21(22,23)24)15(11-25)20(27-17)31-12-19(29)28-18-4-2-3-9-26-18/h2-10H,12H2,1H3,(H,26,28,29). The van der Waals surface area contributed by atoms with Gasteiger partial charge in [0.25, 0.3) is 0 Å². The van der Waals surface area contributed by atoms with Gasteiger partial charge < -0.3 is 10.1 Å². The maximum absolute atomic E-state index is 13.6. The molecule has 0 saturated carbocycles. The van der Waals surface area contributed by atoms with Gasteiger partial charge in [-0.1, -0.05) is 17.8 Å². The van der Waals surface area contributed by atoms with Crippen molar-refractivity contribution in [1.29, 1.82) is 5.26 Å². The molecule has 31 heavy (non-hydrogen) atoms. The molecule has 1 amide bonds. The van der Waals surface area contributed by atoms with Gasteiger partial charge >= 0.3 is 6.18 Å². The van der Waals surface area contributed by atoms with Crippen molar-refractivity contribution in [3.05, 3.63) is 65.9 Å². The zero-order chi connectivity index (χ0) is 22.4. The molecule has 0 aliphatic rings. The van der Waals surface area contributed by atoms with Gasteiger partial charge in [-0.25, -0.2) is 9.97 Å². The summed E-state index contributed by atoms with van der Waals surface area (Å²) in [6.45, 7) is 0. The van der Waals surface area contributed by atoms with Crippen LogP contribution in [0.15, 0.2) is 59.8 Å². The number of anilines is 1. The van der Waals surface area contributed by atoms with Crippen molar-refractivity contribution < 1.29 is 22.7 Å². The topological polar surface area (TPSA) is 87.9 Å². The molecule has 0 aliphatic heterocycles. The largest absolute Gasteiger partial charge is 0.497 e. The second-order valence-electron chi connectivity index (χ2n) is 6.13. The number of halogens is 3. The minimum atomic E-state index is -4.76. The molecule has 2 heterocycles. The Labute approximate surface area is 180 Å². The molecule has 3 aromatic rings. The number of carbonyl (C=O) groups is 1. The lowest BCUT2D eigenvalue weighted by Gasteiger charge is -2.14. The van der Waals surface area contributed by atoms with E-state index in [4.69, 9.17) is 4.74 Å². The highest BCUT2D eigenvalue weighted by Crippen LogP contribution is 2.38. The van der Waals surface area contributed by atoms with Crippen LogP contribution in [0.2, 0.25) is 0 Å². The number of amides is 1. The lowest BCUT2D eigenvalue weighted by atomic mass is 10.1. The van der Waals surface area contributed by atoms with E-state index in [1.54, 1.807) is 48.5 Å². The number of ether oxygens (including phenoxy) is 1. The van der Waals surface area contributed by atoms with E-state index in [1.807, 2.05) is 0 Å². The van der Waals surface area contributed by atoms with E-state index in [0.717, 1.165) is 17.8 Å². The summed E-state index contributed by atoms with van der Waals surface area (Å²) in [5.74, 6) is 0.110. The van der Waals surface area contributed by atoms with Crippen LogP contribution < -0.4 is 10.1 Å². The van der Waals surface area contributed by atoms with E-state index < -0.39 is 23.2 Å². The third-order valence-electron chi connectivity index (χ3n) is 4.06. The molecule has 1 N–H and O–H groups in total. The second kappa shape index (κ2) is 9.49. The molecule has 158 valence electrons. The molecule has 0 radical (unpaired) electrons. The summed E-state index contributed by atoms with van der Waals surface area (Å²) in [5.41, 5.74) is -1.29. The van der Waals surface area contributed by atoms with Gasteiger partial charge in [0.05, 0.1) is 29.7 Å². The number of hydrogen-bond acceptors (Lipinski definition) is 6. The number of hydrogen-bond donors (Lipinski definition) is 1. The summed E-state index contributed by atoms with van der Waals surface area (Å²) in [5, 5.41) is 11.7. The van der Waals surface area contributed by atoms with Gasteiger partial charge in [-0.15, -0.1) is 0 Å². The predicted molar refractivity (Wildman–Crippen MR) is 110 cm³/mol. The van der Waals surface area contributed by atoms with Gasteiger partial charge in [-0.3, -0.25) is 4.79 Å². The maximum Gasteiger partial charge on any atom is 0.417 e. The molecule has 0 unspecified atom stereocenters. The van der Waals surface area contributed by atoms with Crippen molar-refractivity contribution in [1.82, 2.24) is 9.97 Å². The fourth-order valence-electron chi connectivity index (χ4n) is 2.62. The quantitative estimate of drug-likeness (QED) is 0.551. The number of methoxy groups -OCH3 is 1. The number of benzene rings is 1. The van der Waals surface area contributed by atoms with Crippen LogP contribution in [0.25, 0.3) is 11.3 Å². The van der Waals surface area contributed by atoms with Gasteiger partial charge in [0.2, 0.25) is 5.91 Å². The van der Waals surface area contributed by atoms with Crippen molar-refractivity contribution in [3.63, 3.8) is 0 Å². The average molecular weight is 444 g/mol. The molecule has 2 aromatic heterocycles. The number of pyridine rings is 2. The summed E-state index contributed by atoms with van der Waals surface area (Å²) in [6.07, 6.45) is -3.27. The lowest BCUT2D eigenvalue weighted by molar-refractivity contribution is -0.138. The van der Waals surface area contributed by atoms with Crippen molar-refractivity contribution >= 4 is 23.5 Å². The molecule has 1 aromatic carbocycles. The van der Waals surface area contributed by atoms with Crippen LogP contribution in [0.4, 0.5) is 19.0 Å². The first kappa shape index (κ1) is 22.1. The van der Waals surface area contributed by atoms with E-state index in [0.29, 0.717) is 17.1 Å².